The van der Waals surface area contributed by atoms with Gasteiger partial charge >= 0.3 is 7.60 Å². The maximum Gasteiger partial charge on any atom is 0.362 e. The number of ether oxygens (including phenoxy) is 1. The minimum Gasteiger partial charge on any atom is -0.481 e. The Balaban J connectivity index is 0.000000550. The highest BCUT2D eigenvalue weighted by atomic mass is 31.2. The Labute approximate surface area is 114 Å². The molecule has 0 atom stereocenters. The van der Waals surface area contributed by atoms with Crippen molar-refractivity contribution in [3.05, 3.63) is 29.3 Å². The SMILES string of the molecule is CCC.O=P(O)(O)COc1ccc2c(c1)CCNC2. The fourth-order valence-corrected chi connectivity index (χ4v) is 2.02. The summed E-state index contributed by atoms with van der Waals surface area (Å²) < 4.78 is 15.7. The van der Waals surface area contributed by atoms with Gasteiger partial charge in [-0.2, -0.15) is 0 Å². The van der Waals surface area contributed by atoms with Crippen molar-refractivity contribution in [3.8, 4) is 5.75 Å². The van der Waals surface area contributed by atoms with Gasteiger partial charge in [-0.05, 0) is 36.2 Å². The lowest BCUT2D eigenvalue weighted by Gasteiger charge is -2.18. The number of hydrogen-bond donors (Lipinski definition) is 3. The summed E-state index contributed by atoms with van der Waals surface area (Å²) >= 11 is 0. The zero-order valence-corrected chi connectivity index (χ0v) is 12.3. The van der Waals surface area contributed by atoms with Crippen LogP contribution in [0.15, 0.2) is 18.2 Å². The van der Waals surface area contributed by atoms with Crippen molar-refractivity contribution >= 4 is 7.60 Å². The van der Waals surface area contributed by atoms with Crippen LogP contribution in [-0.2, 0) is 17.5 Å². The molecule has 6 heteroatoms. The molecule has 108 valence electrons. The van der Waals surface area contributed by atoms with Crippen LogP contribution >= 0.6 is 7.60 Å². The van der Waals surface area contributed by atoms with E-state index in [1.165, 1.54) is 17.5 Å². The quantitative estimate of drug-likeness (QED) is 0.743. The maximum atomic E-state index is 10.7. The van der Waals surface area contributed by atoms with Crippen molar-refractivity contribution in [2.75, 3.05) is 12.9 Å². The first-order valence-electron chi connectivity index (χ1n) is 6.46. The number of hydrogen-bond acceptors (Lipinski definition) is 3. The van der Waals surface area contributed by atoms with Crippen LogP contribution in [0.5, 0.6) is 5.75 Å². The van der Waals surface area contributed by atoms with Crippen LogP contribution in [-0.4, -0.2) is 22.7 Å². The molecular weight excluding hydrogens is 265 g/mol. The lowest BCUT2D eigenvalue weighted by atomic mass is 10.0. The van der Waals surface area contributed by atoms with E-state index in [9.17, 15) is 4.57 Å². The molecule has 5 nitrogen and oxygen atoms in total. The minimum atomic E-state index is -4.09. The zero-order valence-electron chi connectivity index (χ0n) is 11.4. The summed E-state index contributed by atoms with van der Waals surface area (Å²) in [5, 5.41) is 3.25. The van der Waals surface area contributed by atoms with E-state index in [0.29, 0.717) is 5.75 Å². The Bertz CT molecular complexity index is 444. The van der Waals surface area contributed by atoms with Gasteiger partial charge < -0.3 is 19.8 Å². The lowest BCUT2D eigenvalue weighted by molar-refractivity contribution is 0.300. The van der Waals surface area contributed by atoms with Crippen LogP contribution in [0, 0.1) is 0 Å². The molecule has 1 aromatic carbocycles. The smallest absolute Gasteiger partial charge is 0.362 e. The third-order valence-electron chi connectivity index (χ3n) is 2.46. The molecule has 0 amide bonds. The summed E-state index contributed by atoms with van der Waals surface area (Å²) in [6.07, 6.45) is 1.60. The van der Waals surface area contributed by atoms with Crippen LogP contribution in [0.25, 0.3) is 0 Å². The van der Waals surface area contributed by atoms with E-state index in [-0.39, 0.29) is 0 Å². The highest BCUT2D eigenvalue weighted by molar-refractivity contribution is 7.51. The molecule has 1 aliphatic heterocycles. The molecule has 0 spiro atoms. The van der Waals surface area contributed by atoms with Gasteiger partial charge in [0.25, 0.3) is 0 Å². The van der Waals surface area contributed by atoms with Gasteiger partial charge in [-0.25, -0.2) is 0 Å². The molecule has 0 saturated heterocycles. The fraction of sp³-hybridized carbons (Fsp3) is 0.538. The molecule has 1 aromatic rings. The standard InChI is InChI=1S/C10H14NO4P.C3H8/c12-16(13,14)7-15-10-2-1-9-6-11-4-3-8(9)5-10;1-3-2/h1-2,5,11H,3-4,6-7H2,(H2,12,13,14);3H2,1-2H3. The Morgan fingerprint density at radius 3 is 2.63 bits per heavy atom. The molecule has 3 N–H and O–H groups in total. The average molecular weight is 287 g/mol. The molecule has 0 fully saturated rings. The number of nitrogens with one attached hydrogen (secondary N) is 1. The molecule has 1 aliphatic rings. The van der Waals surface area contributed by atoms with E-state index in [4.69, 9.17) is 14.5 Å². The molecular formula is C13H22NO4P. The summed E-state index contributed by atoms with van der Waals surface area (Å²) in [5.41, 5.74) is 2.40. The first kappa shape index (κ1) is 16.2. The molecule has 1 heterocycles. The molecule has 0 bridgehead atoms. The van der Waals surface area contributed by atoms with Crippen molar-refractivity contribution in [3.63, 3.8) is 0 Å². The summed E-state index contributed by atoms with van der Waals surface area (Å²) in [5.74, 6) is 0.518. The van der Waals surface area contributed by atoms with Crippen LogP contribution in [0.4, 0.5) is 0 Å². The topological polar surface area (TPSA) is 78.8 Å². The summed E-state index contributed by atoms with van der Waals surface area (Å²) in [7, 11) is -4.09. The zero-order chi connectivity index (χ0) is 14.3. The molecule has 0 radical (unpaired) electrons. The second kappa shape index (κ2) is 7.65. The van der Waals surface area contributed by atoms with E-state index in [1.807, 2.05) is 12.1 Å². The summed E-state index contributed by atoms with van der Waals surface area (Å²) in [4.78, 5) is 17.4. The van der Waals surface area contributed by atoms with E-state index in [1.54, 1.807) is 6.07 Å². The van der Waals surface area contributed by atoms with Crippen LogP contribution < -0.4 is 10.1 Å². The van der Waals surface area contributed by atoms with Gasteiger partial charge in [0.05, 0.1) is 0 Å². The number of benzene rings is 1. The molecule has 0 saturated carbocycles. The van der Waals surface area contributed by atoms with Crippen LogP contribution in [0.2, 0.25) is 0 Å². The first-order chi connectivity index (χ1) is 8.96. The van der Waals surface area contributed by atoms with E-state index < -0.39 is 13.9 Å². The van der Waals surface area contributed by atoms with E-state index >= 15 is 0 Å². The Kier molecular flexibility index (Phi) is 6.52. The lowest BCUT2D eigenvalue weighted by Crippen LogP contribution is -2.23. The largest absolute Gasteiger partial charge is 0.481 e. The van der Waals surface area contributed by atoms with Gasteiger partial charge in [-0.3, -0.25) is 4.57 Å². The van der Waals surface area contributed by atoms with Crippen LogP contribution in [0.1, 0.15) is 31.4 Å². The van der Waals surface area contributed by atoms with E-state index in [0.717, 1.165) is 19.5 Å². The second-order valence-corrected chi connectivity index (χ2v) is 6.09. The first-order valence-corrected chi connectivity index (χ1v) is 8.26. The third-order valence-corrected chi connectivity index (χ3v) is 2.93. The Hall–Kier alpha value is -0.870. The monoisotopic (exact) mass is 287 g/mol. The third kappa shape index (κ3) is 6.21. The highest BCUT2D eigenvalue weighted by Crippen LogP contribution is 2.34. The molecule has 19 heavy (non-hydrogen) atoms. The number of fused-ring (bicyclic) bond motifs is 1. The molecule has 0 unspecified atom stereocenters. The summed E-state index contributed by atoms with van der Waals surface area (Å²) in [6.45, 7) is 6.02. The Morgan fingerprint density at radius 1 is 1.32 bits per heavy atom. The molecule has 0 aliphatic carbocycles. The molecule has 0 aromatic heterocycles. The second-order valence-electron chi connectivity index (χ2n) is 4.50. The van der Waals surface area contributed by atoms with Crippen molar-refractivity contribution in [2.45, 2.75) is 33.2 Å². The van der Waals surface area contributed by atoms with Gasteiger partial charge in [0.15, 0.2) is 6.35 Å². The predicted molar refractivity (Wildman–Crippen MR) is 75.4 cm³/mol. The van der Waals surface area contributed by atoms with Gasteiger partial charge in [0.2, 0.25) is 0 Å². The fourth-order valence-electron chi connectivity index (χ4n) is 1.70. The maximum absolute atomic E-state index is 10.7. The van der Waals surface area contributed by atoms with Gasteiger partial charge in [0, 0.05) is 6.54 Å². The normalized spacial score (nSPS) is 14.1. The molecule has 2 rings (SSSR count). The van der Waals surface area contributed by atoms with Crippen LogP contribution in [0.3, 0.4) is 0 Å². The van der Waals surface area contributed by atoms with Gasteiger partial charge in [-0.1, -0.05) is 26.3 Å². The van der Waals surface area contributed by atoms with Gasteiger partial charge in [0.1, 0.15) is 5.75 Å². The number of rotatable bonds is 3. The highest BCUT2D eigenvalue weighted by Gasteiger charge is 2.15. The minimum absolute atomic E-state index is 0.518. The Morgan fingerprint density at radius 2 is 2.00 bits per heavy atom. The average Bonchev–Trinajstić information content (AvgIpc) is 2.36. The van der Waals surface area contributed by atoms with Crippen molar-refractivity contribution in [1.82, 2.24) is 5.32 Å². The predicted octanol–water partition coefficient (Wildman–Crippen LogP) is 2.26. The summed E-state index contributed by atoms with van der Waals surface area (Å²) in [6, 6.07) is 5.52. The van der Waals surface area contributed by atoms with Crippen molar-refractivity contribution in [1.29, 1.82) is 0 Å². The van der Waals surface area contributed by atoms with Gasteiger partial charge in [-0.15, -0.1) is 0 Å². The van der Waals surface area contributed by atoms with E-state index in [2.05, 4.69) is 19.2 Å². The van der Waals surface area contributed by atoms with Crippen molar-refractivity contribution < 1.29 is 19.1 Å². The van der Waals surface area contributed by atoms with Crippen molar-refractivity contribution in [2.24, 2.45) is 0 Å².